The number of hydrogen-bond donors (Lipinski definition) is 1. The van der Waals surface area contributed by atoms with Crippen molar-refractivity contribution in [3.8, 4) is 0 Å². The first-order valence-corrected chi connectivity index (χ1v) is 14.1. The number of amides is 4. The molecule has 1 N–H and O–H groups in total. The van der Waals surface area contributed by atoms with Crippen molar-refractivity contribution in [2.45, 2.75) is 62.7 Å². The summed E-state index contributed by atoms with van der Waals surface area (Å²) in [6.07, 6.45) is 4.35. The van der Waals surface area contributed by atoms with Crippen molar-refractivity contribution in [3.05, 3.63) is 59.9 Å². The molecule has 9 heteroatoms. The molecule has 3 aliphatic rings. The van der Waals surface area contributed by atoms with E-state index in [4.69, 9.17) is 0 Å². The average Bonchev–Trinajstić information content (AvgIpc) is 3.22. The van der Waals surface area contributed by atoms with Crippen LogP contribution in [-0.2, 0) is 16.1 Å². The van der Waals surface area contributed by atoms with Gasteiger partial charge in [-0.2, -0.15) is 0 Å². The first-order valence-electron chi connectivity index (χ1n) is 13.2. The molecule has 1 aromatic heterocycles. The Morgan fingerprint density at radius 1 is 1.11 bits per heavy atom. The SMILES string of the molecule is CC(C)CCN1C(=O)[C@H](CC(=O)N2CCC(N3Cc4ccccc4NC3=O)CC2)S[C@H]1c1ccccn1. The van der Waals surface area contributed by atoms with Gasteiger partial charge in [0.05, 0.1) is 10.9 Å². The summed E-state index contributed by atoms with van der Waals surface area (Å²) in [6, 6.07) is 13.7. The fraction of sp³-hybridized carbons (Fsp3) is 0.500. The van der Waals surface area contributed by atoms with Gasteiger partial charge in [-0.05, 0) is 48.9 Å². The maximum atomic E-state index is 13.4. The lowest BCUT2D eigenvalue weighted by Crippen LogP contribution is -2.51. The zero-order valence-corrected chi connectivity index (χ0v) is 22.3. The summed E-state index contributed by atoms with van der Waals surface area (Å²) < 4.78 is 0. The number of nitrogens with one attached hydrogen (secondary N) is 1. The third-order valence-electron chi connectivity index (χ3n) is 7.50. The number of para-hydroxylation sites is 1. The van der Waals surface area contributed by atoms with Crippen LogP contribution in [0.2, 0.25) is 0 Å². The van der Waals surface area contributed by atoms with E-state index in [0.29, 0.717) is 32.1 Å². The van der Waals surface area contributed by atoms with Gasteiger partial charge >= 0.3 is 6.03 Å². The molecular formula is C28H35N5O3S. The summed E-state index contributed by atoms with van der Waals surface area (Å²) in [5, 5.41) is 2.44. The number of hydrogen-bond acceptors (Lipinski definition) is 5. The molecule has 4 heterocycles. The molecule has 4 amide bonds. The normalized spacial score (nSPS) is 22.4. The van der Waals surface area contributed by atoms with Crippen molar-refractivity contribution in [1.29, 1.82) is 0 Å². The summed E-state index contributed by atoms with van der Waals surface area (Å²) >= 11 is 1.55. The highest BCUT2D eigenvalue weighted by molar-refractivity contribution is 8.01. The number of fused-ring (bicyclic) bond motifs is 1. The molecule has 2 saturated heterocycles. The lowest BCUT2D eigenvalue weighted by atomic mass is 10.0. The molecular weight excluding hydrogens is 486 g/mol. The fourth-order valence-corrected chi connectivity index (χ4v) is 6.77. The van der Waals surface area contributed by atoms with Crippen LogP contribution in [0.25, 0.3) is 0 Å². The molecule has 2 atom stereocenters. The van der Waals surface area contributed by atoms with E-state index in [9.17, 15) is 14.4 Å². The highest BCUT2D eigenvalue weighted by atomic mass is 32.2. The van der Waals surface area contributed by atoms with E-state index in [1.807, 2.05) is 57.2 Å². The summed E-state index contributed by atoms with van der Waals surface area (Å²) in [5.41, 5.74) is 2.85. The monoisotopic (exact) mass is 521 g/mol. The van der Waals surface area contributed by atoms with Crippen molar-refractivity contribution in [2.24, 2.45) is 5.92 Å². The van der Waals surface area contributed by atoms with Crippen LogP contribution < -0.4 is 5.32 Å². The van der Waals surface area contributed by atoms with Crippen LogP contribution in [-0.4, -0.2) is 68.5 Å². The second kappa shape index (κ2) is 11.1. The van der Waals surface area contributed by atoms with Crippen LogP contribution in [0.15, 0.2) is 48.7 Å². The predicted molar refractivity (Wildman–Crippen MR) is 145 cm³/mol. The Kier molecular flexibility index (Phi) is 7.69. The zero-order chi connectivity index (χ0) is 25.9. The maximum Gasteiger partial charge on any atom is 0.322 e. The molecule has 3 aliphatic heterocycles. The molecule has 8 nitrogen and oxygen atoms in total. The Morgan fingerprint density at radius 2 is 1.86 bits per heavy atom. The van der Waals surface area contributed by atoms with Crippen molar-refractivity contribution >= 4 is 35.3 Å². The third-order valence-corrected chi connectivity index (χ3v) is 8.95. The van der Waals surface area contributed by atoms with E-state index in [2.05, 4.69) is 24.1 Å². The molecule has 37 heavy (non-hydrogen) atoms. The average molecular weight is 522 g/mol. The molecule has 0 unspecified atom stereocenters. The Balaban J connectivity index is 1.18. The summed E-state index contributed by atoms with van der Waals surface area (Å²) in [5.74, 6) is 0.538. The predicted octanol–water partition coefficient (Wildman–Crippen LogP) is 4.50. The molecule has 0 saturated carbocycles. The van der Waals surface area contributed by atoms with Gasteiger partial charge in [-0.1, -0.05) is 38.1 Å². The lowest BCUT2D eigenvalue weighted by Gasteiger charge is -2.40. The molecule has 0 bridgehead atoms. The number of carbonyl (C=O) groups excluding carboxylic acids is 3. The van der Waals surface area contributed by atoms with Gasteiger partial charge in [-0.15, -0.1) is 11.8 Å². The Hall–Kier alpha value is -3.07. The maximum absolute atomic E-state index is 13.4. The van der Waals surface area contributed by atoms with Crippen LogP contribution in [0, 0.1) is 5.92 Å². The van der Waals surface area contributed by atoms with Crippen LogP contribution >= 0.6 is 11.8 Å². The Bertz CT molecular complexity index is 1140. The van der Waals surface area contributed by atoms with Crippen molar-refractivity contribution < 1.29 is 14.4 Å². The standard InChI is InChI=1S/C28H35N5O3S/c1-19(2)10-16-32-26(35)24(37-27(32)23-9-5-6-13-29-23)17-25(34)31-14-11-21(12-15-31)33-18-20-7-3-4-8-22(20)30-28(33)36/h3-9,13,19,21,24,27H,10-12,14-18H2,1-2H3,(H,30,36)/t24-,27-/m0/s1. The van der Waals surface area contributed by atoms with Crippen molar-refractivity contribution in [2.75, 3.05) is 25.0 Å². The Morgan fingerprint density at radius 3 is 2.59 bits per heavy atom. The largest absolute Gasteiger partial charge is 0.342 e. The highest BCUT2D eigenvalue weighted by Gasteiger charge is 2.43. The minimum Gasteiger partial charge on any atom is -0.342 e. The number of urea groups is 1. The summed E-state index contributed by atoms with van der Waals surface area (Å²) in [4.78, 5) is 49.5. The van der Waals surface area contributed by atoms with Crippen LogP contribution in [0.1, 0.15) is 56.2 Å². The summed E-state index contributed by atoms with van der Waals surface area (Å²) in [6.45, 7) is 6.76. The number of aromatic nitrogens is 1. The van der Waals surface area contributed by atoms with Crippen LogP contribution in [0.5, 0.6) is 0 Å². The number of anilines is 1. The number of nitrogens with zero attached hydrogens (tertiary/aromatic N) is 4. The topological polar surface area (TPSA) is 85.9 Å². The number of piperidine rings is 1. The van der Waals surface area contributed by atoms with Gasteiger partial charge in [-0.3, -0.25) is 14.6 Å². The number of likely N-dealkylation sites (tertiary alicyclic amines) is 1. The summed E-state index contributed by atoms with van der Waals surface area (Å²) in [7, 11) is 0. The molecule has 0 radical (unpaired) electrons. The van der Waals surface area contributed by atoms with Gasteiger partial charge in [0, 0.05) is 50.5 Å². The lowest BCUT2D eigenvalue weighted by molar-refractivity contribution is -0.137. The highest BCUT2D eigenvalue weighted by Crippen LogP contribution is 2.44. The van der Waals surface area contributed by atoms with Crippen molar-refractivity contribution in [1.82, 2.24) is 19.7 Å². The Labute approximate surface area is 222 Å². The first-order chi connectivity index (χ1) is 17.9. The number of rotatable bonds is 7. The third kappa shape index (κ3) is 5.61. The van der Waals surface area contributed by atoms with E-state index < -0.39 is 5.25 Å². The van der Waals surface area contributed by atoms with Gasteiger partial charge < -0.3 is 20.0 Å². The second-order valence-electron chi connectivity index (χ2n) is 10.5. The van der Waals surface area contributed by atoms with E-state index in [1.54, 1.807) is 18.0 Å². The van der Waals surface area contributed by atoms with Crippen LogP contribution in [0.3, 0.4) is 0 Å². The quantitative estimate of drug-likeness (QED) is 0.580. The minimum atomic E-state index is -0.395. The molecule has 0 aliphatic carbocycles. The zero-order valence-electron chi connectivity index (χ0n) is 21.5. The number of carbonyl (C=O) groups is 3. The first kappa shape index (κ1) is 25.6. The number of benzene rings is 1. The van der Waals surface area contributed by atoms with Gasteiger partial charge in [0.25, 0.3) is 0 Å². The van der Waals surface area contributed by atoms with E-state index >= 15 is 0 Å². The van der Waals surface area contributed by atoms with Gasteiger partial charge in [0.2, 0.25) is 11.8 Å². The van der Waals surface area contributed by atoms with E-state index in [-0.39, 0.29) is 35.7 Å². The molecule has 2 aromatic rings. The number of thioether (sulfide) groups is 1. The van der Waals surface area contributed by atoms with Gasteiger partial charge in [0.15, 0.2) is 0 Å². The van der Waals surface area contributed by atoms with Crippen molar-refractivity contribution in [3.63, 3.8) is 0 Å². The molecule has 5 rings (SSSR count). The van der Waals surface area contributed by atoms with Gasteiger partial charge in [-0.25, -0.2) is 4.79 Å². The van der Waals surface area contributed by atoms with Crippen LogP contribution in [0.4, 0.5) is 10.5 Å². The molecule has 1 aromatic carbocycles. The van der Waals surface area contributed by atoms with Gasteiger partial charge in [0.1, 0.15) is 5.37 Å². The fourth-order valence-electron chi connectivity index (χ4n) is 5.33. The second-order valence-corrected chi connectivity index (χ2v) is 11.8. The van der Waals surface area contributed by atoms with E-state index in [0.717, 1.165) is 36.2 Å². The van der Waals surface area contributed by atoms with E-state index in [1.165, 1.54) is 0 Å². The smallest absolute Gasteiger partial charge is 0.322 e. The molecule has 0 spiro atoms. The minimum absolute atomic E-state index is 0.0169. The molecule has 196 valence electrons. The number of pyridine rings is 1. The molecule has 2 fully saturated rings.